The lowest BCUT2D eigenvalue weighted by molar-refractivity contribution is 0.141. The van der Waals surface area contributed by atoms with Gasteiger partial charge in [-0.3, -0.25) is 0 Å². The average Bonchev–Trinajstić information content (AvgIpc) is 2.97. The first-order chi connectivity index (χ1) is 11.7. The summed E-state index contributed by atoms with van der Waals surface area (Å²) < 4.78 is 10.5. The number of hydrogen-bond donors (Lipinski definition) is 1. The van der Waals surface area contributed by atoms with Gasteiger partial charge in [0.1, 0.15) is 12.1 Å². The van der Waals surface area contributed by atoms with E-state index in [0.29, 0.717) is 5.89 Å². The molecule has 1 N–H and O–H groups in total. The van der Waals surface area contributed by atoms with Gasteiger partial charge in [-0.05, 0) is 23.8 Å². The minimum absolute atomic E-state index is 0.212. The Kier molecular flexibility index (Phi) is 4.78. The molecule has 2 aromatic carbocycles. The largest absolute Gasteiger partial charge is 0.445 e. The molecule has 0 spiro atoms. The van der Waals surface area contributed by atoms with E-state index in [4.69, 9.17) is 9.15 Å². The normalized spacial score (nSPS) is 10.0. The van der Waals surface area contributed by atoms with Gasteiger partial charge in [-0.1, -0.05) is 42.2 Å². The third-order valence-corrected chi connectivity index (χ3v) is 3.26. The van der Waals surface area contributed by atoms with Crippen molar-refractivity contribution in [1.29, 1.82) is 0 Å². The van der Waals surface area contributed by atoms with Crippen LogP contribution in [0.25, 0.3) is 11.1 Å². The van der Waals surface area contributed by atoms with Crippen molar-refractivity contribution in [1.82, 2.24) is 10.3 Å². The van der Waals surface area contributed by atoms with E-state index in [9.17, 15) is 4.79 Å². The third-order valence-electron chi connectivity index (χ3n) is 3.26. The summed E-state index contributed by atoms with van der Waals surface area (Å²) in [7, 11) is 0. The van der Waals surface area contributed by atoms with Crippen molar-refractivity contribution in [2.24, 2.45) is 0 Å². The minimum Gasteiger partial charge on any atom is -0.445 e. The standard InChI is InChI=1S/C19H16N2O3/c1-14-21-17-12-15(9-10-18(17)24-14)8-5-11-20-19(22)23-13-16-6-3-2-4-7-16/h2-4,6-7,9-10,12H,11,13H2,1H3,(H,20,22). The lowest BCUT2D eigenvalue weighted by atomic mass is 10.2. The SMILES string of the molecule is Cc1nc2cc(C#CCNC(=O)OCc3ccccc3)ccc2o1. The molecule has 1 amide bonds. The van der Waals surface area contributed by atoms with E-state index in [1.807, 2.05) is 48.5 Å². The molecular formula is C19H16N2O3. The van der Waals surface area contributed by atoms with Crippen LogP contribution in [0.2, 0.25) is 0 Å². The van der Waals surface area contributed by atoms with E-state index in [2.05, 4.69) is 22.1 Å². The lowest BCUT2D eigenvalue weighted by Gasteiger charge is -2.04. The van der Waals surface area contributed by atoms with Crippen LogP contribution in [0, 0.1) is 18.8 Å². The summed E-state index contributed by atoms with van der Waals surface area (Å²) in [6, 6.07) is 15.0. The number of carbonyl (C=O) groups excluding carboxylic acids is 1. The molecule has 5 heteroatoms. The second-order valence-corrected chi connectivity index (χ2v) is 5.13. The molecule has 0 fully saturated rings. The lowest BCUT2D eigenvalue weighted by Crippen LogP contribution is -2.24. The van der Waals surface area contributed by atoms with Gasteiger partial charge in [0.25, 0.3) is 0 Å². The summed E-state index contributed by atoms with van der Waals surface area (Å²) in [5.74, 6) is 6.48. The predicted molar refractivity (Wildman–Crippen MR) is 90.3 cm³/mol. The zero-order chi connectivity index (χ0) is 16.8. The van der Waals surface area contributed by atoms with E-state index in [1.54, 1.807) is 6.92 Å². The molecule has 0 radical (unpaired) electrons. The van der Waals surface area contributed by atoms with E-state index >= 15 is 0 Å². The monoisotopic (exact) mass is 320 g/mol. The number of fused-ring (bicyclic) bond motifs is 1. The van der Waals surface area contributed by atoms with Gasteiger partial charge in [0.05, 0.1) is 6.54 Å². The Bertz CT molecular complexity index is 905. The molecule has 5 nitrogen and oxygen atoms in total. The number of aromatic nitrogens is 1. The van der Waals surface area contributed by atoms with Crippen LogP contribution in [0.4, 0.5) is 4.79 Å². The number of alkyl carbamates (subject to hydrolysis) is 1. The number of rotatable bonds is 3. The first kappa shape index (κ1) is 15.6. The fourth-order valence-corrected chi connectivity index (χ4v) is 2.16. The molecule has 1 aromatic heterocycles. The summed E-state index contributed by atoms with van der Waals surface area (Å²) in [4.78, 5) is 15.8. The van der Waals surface area contributed by atoms with Gasteiger partial charge >= 0.3 is 6.09 Å². The molecule has 120 valence electrons. The van der Waals surface area contributed by atoms with Crippen LogP contribution in [0.15, 0.2) is 52.9 Å². The second kappa shape index (κ2) is 7.34. The van der Waals surface area contributed by atoms with Crippen molar-refractivity contribution in [2.75, 3.05) is 6.54 Å². The Morgan fingerprint density at radius 3 is 2.92 bits per heavy atom. The number of aryl methyl sites for hydroxylation is 1. The fraction of sp³-hybridized carbons (Fsp3) is 0.158. The summed E-state index contributed by atoms with van der Waals surface area (Å²) in [5, 5.41) is 2.60. The molecule has 3 aromatic rings. The molecule has 3 rings (SSSR count). The molecule has 0 aliphatic rings. The number of oxazole rings is 1. The number of nitrogens with one attached hydrogen (secondary N) is 1. The first-order valence-corrected chi connectivity index (χ1v) is 7.51. The van der Waals surface area contributed by atoms with Crippen LogP contribution in [-0.4, -0.2) is 17.6 Å². The molecule has 0 aliphatic heterocycles. The smallest absolute Gasteiger partial charge is 0.408 e. The number of amides is 1. The van der Waals surface area contributed by atoms with Gasteiger partial charge in [0.15, 0.2) is 11.5 Å². The van der Waals surface area contributed by atoms with E-state index < -0.39 is 6.09 Å². The predicted octanol–water partition coefficient (Wildman–Crippen LogP) is 3.41. The van der Waals surface area contributed by atoms with E-state index in [1.165, 1.54) is 0 Å². The van der Waals surface area contributed by atoms with E-state index in [0.717, 1.165) is 22.2 Å². The molecule has 0 bridgehead atoms. The molecule has 0 aliphatic carbocycles. The average molecular weight is 320 g/mol. The maximum Gasteiger partial charge on any atom is 0.408 e. The minimum atomic E-state index is -0.490. The Morgan fingerprint density at radius 1 is 1.25 bits per heavy atom. The van der Waals surface area contributed by atoms with Gasteiger partial charge in [-0.25, -0.2) is 9.78 Å². The van der Waals surface area contributed by atoms with Gasteiger partial charge in [0.2, 0.25) is 0 Å². The van der Waals surface area contributed by atoms with Crippen LogP contribution in [-0.2, 0) is 11.3 Å². The van der Waals surface area contributed by atoms with Crippen molar-refractivity contribution < 1.29 is 13.9 Å². The quantitative estimate of drug-likeness (QED) is 0.751. The number of nitrogens with zero attached hydrogens (tertiary/aromatic N) is 1. The molecule has 0 unspecified atom stereocenters. The van der Waals surface area contributed by atoms with Crippen molar-refractivity contribution in [3.05, 3.63) is 65.5 Å². The van der Waals surface area contributed by atoms with Gasteiger partial charge in [-0.15, -0.1) is 0 Å². The van der Waals surface area contributed by atoms with Crippen LogP contribution in [0.1, 0.15) is 17.0 Å². The summed E-state index contributed by atoms with van der Waals surface area (Å²) in [6.45, 7) is 2.25. The zero-order valence-corrected chi connectivity index (χ0v) is 13.2. The molecule has 24 heavy (non-hydrogen) atoms. The van der Waals surface area contributed by atoms with Gasteiger partial charge in [-0.2, -0.15) is 0 Å². The molecule has 0 atom stereocenters. The topological polar surface area (TPSA) is 64.4 Å². The number of hydrogen-bond acceptors (Lipinski definition) is 4. The molecule has 0 saturated carbocycles. The second-order valence-electron chi connectivity index (χ2n) is 5.13. The van der Waals surface area contributed by atoms with E-state index in [-0.39, 0.29) is 13.2 Å². The summed E-state index contributed by atoms with van der Waals surface area (Å²) in [5.41, 5.74) is 3.26. The molecule has 1 heterocycles. The third kappa shape index (κ3) is 4.14. The number of ether oxygens (including phenoxy) is 1. The highest BCUT2D eigenvalue weighted by Crippen LogP contribution is 2.16. The van der Waals surface area contributed by atoms with Crippen molar-refractivity contribution in [3.63, 3.8) is 0 Å². The van der Waals surface area contributed by atoms with Crippen LogP contribution in [0.3, 0.4) is 0 Å². The van der Waals surface area contributed by atoms with Crippen LogP contribution < -0.4 is 5.32 Å². The van der Waals surface area contributed by atoms with Gasteiger partial charge in [0, 0.05) is 12.5 Å². The van der Waals surface area contributed by atoms with Crippen LogP contribution >= 0.6 is 0 Å². The number of carbonyl (C=O) groups is 1. The highest BCUT2D eigenvalue weighted by molar-refractivity contribution is 5.74. The van der Waals surface area contributed by atoms with Crippen molar-refractivity contribution in [3.8, 4) is 11.8 Å². The van der Waals surface area contributed by atoms with Crippen molar-refractivity contribution in [2.45, 2.75) is 13.5 Å². The Labute approximate surface area is 139 Å². The molecular weight excluding hydrogens is 304 g/mol. The maximum atomic E-state index is 11.6. The van der Waals surface area contributed by atoms with Crippen molar-refractivity contribution >= 4 is 17.2 Å². The molecule has 0 saturated heterocycles. The van der Waals surface area contributed by atoms with Crippen LogP contribution in [0.5, 0.6) is 0 Å². The van der Waals surface area contributed by atoms with Gasteiger partial charge < -0.3 is 14.5 Å². The highest BCUT2D eigenvalue weighted by Gasteiger charge is 2.02. The summed E-state index contributed by atoms with van der Waals surface area (Å²) >= 11 is 0. The Hall–Kier alpha value is -3.26. The maximum absolute atomic E-state index is 11.6. The number of benzene rings is 2. The first-order valence-electron chi connectivity index (χ1n) is 7.51. The fourth-order valence-electron chi connectivity index (χ4n) is 2.16. The Balaban J connectivity index is 1.48. The zero-order valence-electron chi connectivity index (χ0n) is 13.2. The highest BCUT2D eigenvalue weighted by atomic mass is 16.5. The summed E-state index contributed by atoms with van der Waals surface area (Å²) in [6.07, 6.45) is -0.490. The Morgan fingerprint density at radius 2 is 2.08 bits per heavy atom.